The van der Waals surface area contributed by atoms with Crippen LogP contribution in [-0.4, -0.2) is 21.6 Å². The van der Waals surface area contributed by atoms with Gasteiger partial charge in [-0.3, -0.25) is 0 Å². The van der Waals surface area contributed by atoms with E-state index in [-0.39, 0.29) is 0 Å². The highest BCUT2D eigenvalue weighted by Crippen LogP contribution is 2.35. The molecule has 90 valence electrons. The molecule has 18 heavy (non-hydrogen) atoms. The first kappa shape index (κ1) is 10.2. The van der Waals surface area contributed by atoms with Crippen LogP contribution in [0.3, 0.4) is 0 Å². The average Bonchev–Trinajstić information content (AvgIpc) is 2.76. The minimum atomic E-state index is 0.525. The minimum Gasteiger partial charge on any atom is -0.382 e. The topological polar surface area (TPSA) is 73.9 Å². The lowest BCUT2D eigenvalue weighted by Gasteiger charge is -2.14. The summed E-state index contributed by atoms with van der Waals surface area (Å²) in [5.41, 5.74) is 9.06. The second-order valence-electron chi connectivity index (χ2n) is 4.29. The third kappa shape index (κ3) is 1.33. The Morgan fingerprint density at radius 3 is 3.22 bits per heavy atom. The second kappa shape index (κ2) is 3.60. The van der Waals surface area contributed by atoms with Crippen molar-refractivity contribution < 1.29 is 4.74 Å². The number of hydrogen-bond acceptors (Lipinski definition) is 6. The van der Waals surface area contributed by atoms with E-state index in [9.17, 15) is 0 Å². The highest BCUT2D eigenvalue weighted by atomic mass is 32.1. The SMILES string of the molecule is Nc1ncnc2c1sc1nc3c(cc12)COCC3. The lowest BCUT2D eigenvalue weighted by molar-refractivity contribution is 0.109. The molecule has 0 spiro atoms. The van der Waals surface area contributed by atoms with E-state index in [1.807, 2.05) is 0 Å². The second-order valence-corrected chi connectivity index (χ2v) is 5.29. The number of fused-ring (bicyclic) bond motifs is 4. The molecule has 0 aliphatic carbocycles. The molecule has 0 amide bonds. The number of pyridine rings is 1. The molecule has 0 unspecified atom stereocenters. The van der Waals surface area contributed by atoms with Gasteiger partial charge in [0.15, 0.2) is 0 Å². The third-order valence-electron chi connectivity index (χ3n) is 3.18. The fourth-order valence-electron chi connectivity index (χ4n) is 2.29. The Labute approximate surface area is 107 Å². The van der Waals surface area contributed by atoms with Crippen molar-refractivity contribution in [3.05, 3.63) is 23.7 Å². The van der Waals surface area contributed by atoms with Crippen LogP contribution in [0, 0.1) is 0 Å². The van der Waals surface area contributed by atoms with Crippen molar-refractivity contribution in [2.24, 2.45) is 0 Å². The summed E-state index contributed by atoms with van der Waals surface area (Å²) in [6.07, 6.45) is 2.38. The van der Waals surface area contributed by atoms with Crippen LogP contribution in [-0.2, 0) is 17.8 Å². The largest absolute Gasteiger partial charge is 0.382 e. The van der Waals surface area contributed by atoms with Gasteiger partial charge in [-0.25, -0.2) is 15.0 Å². The predicted octanol–water partition coefficient (Wildman–Crippen LogP) is 1.89. The number of nitrogen functional groups attached to an aromatic ring is 1. The van der Waals surface area contributed by atoms with Gasteiger partial charge < -0.3 is 10.5 Å². The van der Waals surface area contributed by atoms with Gasteiger partial charge in [-0.1, -0.05) is 0 Å². The van der Waals surface area contributed by atoms with Crippen LogP contribution in [0.4, 0.5) is 5.82 Å². The Balaban J connectivity index is 2.12. The highest BCUT2D eigenvalue weighted by Gasteiger charge is 2.16. The lowest BCUT2D eigenvalue weighted by Crippen LogP contribution is -2.11. The van der Waals surface area contributed by atoms with Crippen molar-refractivity contribution in [1.82, 2.24) is 15.0 Å². The first-order chi connectivity index (χ1) is 8.83. The van der Waals surface area contributed by atoms with E-state index in [2.05, 4.69) is 16.0 Å². The summed E-state index contributed by atoms with van der Waals surface area (Å²) >= 11 is 1.56. The highest BCUT2D eigenvalue weighted by molar-refractivity contribution is 7.25. The zero-order valence-electron chi connectivity index (χ0n) is 9.51. The molecular weight excluding hydrogens is 248 g/mol. The summed E-state index contributed by atoms with van der Waals surface area (Å²) in [6, 6.07) is 2.13. The van der Waals surface area contributed by atoms with Crippen molar-refractivity contribution in [2.45, 2.75) is 13.0 Å². The molecule has 3 aromatic rings. The Bertz CT molecular complexity index is 767. The monoisotopic (exact) mass is 258 g/mol. The molecule has 0 aromatic carbocycles. The summed E-state index contributed by atoms with van der Waals surface area (Å²) in [7, 11) is 0. The Hall–Kier alpha value is -1.79. The van der Waals surface area contributed by atoms with Gasteiger partial charge in [0.1, 0.15) is 17.0 Å². The summed E-state index contributed by atoms with van der Waals surface area (Å²) in [5.74, 6) is 0.525. The smallest absolute Gasteiger partial charge is 0.144 e. The summed E-state index contributed by atoms with van der Waals surface area (Å²) in [6.45, 7) is 1.38. The fourth-order valence-corrected chi connectivity index (χ4v) is 3.32. The normalized spacial score (nSPS) is 15.1. The number of ether oxygens (including phenoxy) is 1. The number of nitrogens with zero attached hydrogens (tertiary/aromatic N) is 3. The van der Waals surface area contributed by atoms with Crippen LogP contribution in [0.5, 0.6) is 0 Å². The van der Waals surface area contributed by atoms with Crippen LogP contribution in [0.1, 0.15) is 11.3 Å². The van der Waals surface area contributed by atoms with E-state index in [0.717, 1.165) is 44.7 Å². The van der Waals surface area contributed by atoms with Gasteiger partial charge >= 0.3 is 0 Å². The van der Waals surface area contributed by atoms with Gasteiger partial charge in [0, 0.05) is 23.1 Å². The zero-order chi connectivity index (χ0) is 12.1. The van der Waals surface area contributed by atoms with Gasteiger partial charge in [-0.2, -0.15) is 0 Å². The Morgan fingerprint density at radius 2 is 2.28 bits per heavy atom. The predicted molar refractivity (Wildman–Crippen MR) is 70.5 cm³/mol. The van der Waals surface area contributed by atoms with E-state index in [1.165, 1.54) is 6.33 Å². The van der Waals surface area contributed by atoms with Crippen LogP contribution >= 0.6 is 11.3 Å². The van der Waals surface area contributed by atoms with Crippen molar-refractivity contribution in [2.75, 3.05) is 12.3 Å². The van der Waals surface area contributed by atoms with Gasteiger partial charge in [-0.05, 0) is 6.07 Å². The van der Waals surface area contributed by atoms with Crippen LogP contribution < -0.4 is 5.73 Å². The number of rotatable bonds is 0. The van der Waals surface area contributed by atoms with Crippen LogP contribution in [0.2, 0.25) is 0 Å². The molecular formula is C12H10N4OS. The standard InChI is InChI=1S/C12H10N4OS/c13-11-10-9(14-5-15-11)7-3-6-4-17-2-1-8(6)16-12(7)18-10/h3,5H,1-2,4H2,(H2,13,14,15). The number of hydrogen-bond donors (Lipinski definition) is 1. The molecule has 0 saturated carbocycles. The van der Waals surface area contributed by atoms with Crippen molar-refractivity contribution >= 4 is 37.6 Å². The van der Waals surface area contributed by atoms with Gasteiger partial charge in [0.25, 0.3) is 0 Å². The first-order valence-electron chi connectivity index (χ1n) is 5.72. The Kier molecular flexibility index (Phi) is 2.03. The van der Waals surface area contributed by atoms with E-state index in [1.54, 1.807) is 11.3 Å². The van der Waals surface area contributed by atoms with Crippen LogP contribution in [0.15, 0.2) is 12.4 Å². The molecule has 1 aliphatic rings. The van der Waals surface area contributed by atoms with E-state index >= 15 is 0 Å². The zero-order valence-corrected chi connectivity index (χ0v) is 10.3. The quantitative estimate of drug-likeness (QED) is 0.666. The number of anilines is 1. The average molecular weight is 258 g/mol. The van der Waals surface area contributed by atoms with E-state index in [0.29, 0.717) is 12.4 Å². The maximum Gasteiger partial charge on any atom is 0.144 e. The van der Waals surface area contributed by atoms with Gasteiger partial charge in [0.05, 0.1) is 23.4 Å². The molecule has 0 atom stereocenters. The molecule has 0 saturated heterocycles. The maximum atomic E-state index is 5.88. The number of aromatic nitrogens is 3. The molecule has 0 bridgehead atoms. The molecule has 4 heterocycles. The van der Waals surface area contributed by atoms with E-state index < -0.39 is 0 Å². The fraction of sp³-hybridized carbons (Fsp3) is 0.250. The molecule has 2 N–H and O–H groups in total. The van der Waals surface area contributed by atoms with Crippen molar-refractivity contribution in [3.63, 3.8) is 0 Å². The molecule has 0 fully saturated rings. The van der Waals surface area contributed by atoms with Gasteiger partial charge in [-0.15, -0.1) is 11.3 Å². The Morgan fingerprint density at radius 1 is 1.33 bits per heavy atom. The maximum absolute atomic E-state index is 5.88. The van der Waals surface area contributed by atoms with Crippen molar-refractivity contribution in [1.29, 1.82) is 0 Å². The molecule has 4 rings (SSSR count). The molecule has 3 aromatic heterocycles. The van der Waals surface area contributed by atoms with Crippen LogP contribution in [0.25, 0.3) is 20.4 Å². The minimum absolute atomic E-state index is 0.525. The first-order valence-corrected chi connectivity index (χ1v) is 6.54. The molecule has 5 nitrogen and oxygen atoms in total. The molecule has 1 aliphatic heterocycles. The molecule has 0 radical (unpaired) electrons. The van der Waals surface area contributed by atoms with E-state index in [4.69, 9.17) is 15.5 Å². The molecule has 6 heteroatoms. The van der Waals surface area contributed by atoms with Gasteiger partial charge in [0.2, 0.25) is 0 Å². The summed E-state index contributed by atoms with van der Waals surface area (Å²) in [5, 5.41) is 1.05. The number of thiophene rings is 1. The third-order valence-corrected chi connectivity index (χ3v) is 4.29. The van der Waals surface area contributed by atoms with Crippen molar-refractivity contribution in [3.8, 4) is 0 Å². The number of nitrogens with two attached hydrogens (primary N) is 1. The lowest BCUT2D eigenvalue weighted by atomic mass is 10.1. The summed E-state index contributed by atoms with van der Waals surface area (Å²) in [4.78, 5) is 14.0. The summed E-state index contributed by atoms with van der Waals surface area (Å²) < 4.78 is 6.38.